The highest BCUT2D eigenvalue weighted by molar-refractivity contribution is 5.45. The van der Waals surface area contributed by atoms with E-state index in [1.54, 1.807) is 26.0 Å². The van der Waals surface area contributed by atoms with Crippen LogP contribution in [0.2, 0.25) is 0 Å². The second-order valence-electron chi connectivity index (χ2n) is 5.04. The van der Waals surface area contributed by atoms with E-state index in [2.05, 4.69) is 6.58 Å². The number of aliphatic hydroxyl groups is 1. The van der Waals surface area contributed by atoms with Gasteiger partial charge in [-0.3, -0.25) is 0 Å². The topological polar surface area (TPSA) is 60.7 Å². The van der Waals surface area contributed by atoms with Crippen LogP contribution in [0.1, 0.15) is 43.7 Å². The van der Waals surface area contributed by atoms with Crippen molar-refractivity contribution in [3.05, 3.63) is 35.4 Å². The van der Waals surface area contributed by atoms with E-state index in [0.29, 0.717) is 17.5 Å². The van der Waals surface area contributed by atoms with E-state index < -0.39 is 6.10 Å². The van der Waals surface area contributed by atoms with Crippen LogP contribution in [0, 0.1) is 6.92 Å². The van der Waals surface area contributed by atoms with Crippen LogP contribution in [-0.4, -0.2) is 21.4 Å². The number of hydrogen-bond acceptors (Lipinski definition) is 3. The van der Waals surface area contributed by atoms with Crippen LogP contribution in [-0.2, 0) is 0 Å². The maximum Gasteiger partial charge on any atom is 0.119 e. The lowest BCUT2D eigenvalue weighted by atomic mass is 9.92. The molecule has 3 heteroatoms. The summed E-state index contributed by atoms with van der Waals surface area (Å²) in [5, 5.41) is 29.2. The van der Waals surface area contributed by atoms with Gasteiger partial charge in [0.1, 0.15) is 11.5 Å². The Labute approximate surface area is 108 Å². The fourth-order valence-electron chi connectivity index (χ4n) is 1.90. The zero-order chi connectivity index (χ0) is 13.9. The first-order valence-electron chi connectivity index (χ1n) is 6.18. The first-order chi connectivity index (χ1) is 8.32. The number of benzene rings is 1. The average Bonchev–Trinajstić information content (AvgIpc) is 2.30. The quantitative estimate of drug-likeness (QED) is 0.555. The molecule has 18 heavy (non-hydrogen) atoms. The molecule has 0 spiro atoms. The van der Waals surface area contributed by atoms with E-state index in [1.807, 2.05) is 6.92 Å². The van der Waals surface area contributed by atoms with Crippen LogP contribution in [0.4, 0.5) is 0 Å². The summed E-state index contributed by atoms with van der Waals surface area (Å²) < 4.78 is 0. The second kappa shape index (κ2) is 5.91. The summed E-state index contributed by atoms with van der Waals surface area (Å²) in [5.74, 6) is 0.461. The molecule has 0 bridgehead atoms. The lowest BCUT2D eigenvalue weighted by Crippen LogP contribution is -2.09. The lowest BCUT2D eigenvalue weighted by Gasteiger charge is -2.17. The number of phenolic OH excluding ortho intramolecular Hbond substituents is 2. The number of rotatable bonds is 5. The first kappa shape index (κ1) is 14.6. The molecule has 0 aliphatic heterocycles. The molecule has 100 valence electrons. The monoisotopic (exact) mass is 250 g/mol. The molecule has 1 rings (SSSR count). The summed E-state index contributed by atoms with van der Waals surface area (Å²) in [6.07, 6.45) is 0.822. The van der Waals surface area contributed by atoms with Crippen molar-refractivity contribution in [3.8, 4) is 11.5 Å². The third-order valence-electron chi connectivity index (χ3n) is 3.32. The fraction of sp³-hybridized carbons (Fsp3) is 0.467. The number of aliphatic hydroxyl groups excluding tert-OH is 1. The summed E-state index contributed by atoms with van der Waals surface area (Å²) in [6.45, 7) is 9.22. The van der Waals surface area contributed by atoms with E-state index in [4.69, 9.17) is 0 Å². The zero-order valence-electron chi connectivity index (χ0n) is 11.3. The zero-order valence-corrected chi connectivity index (χ0v) is 11.3. The summed E-state index contributed by atoms with van der Waals surface area (Å²) in [4.78, 5) is 0. The van der Waals surface area contributed by atoms with Gasteiger partial charge in [-0.15, -0.1) is 0 Å². The minimum Gasteiger partial charge on any atom is -0.508 e. The standard InChI is InChI=1S/C15H22O3/c1-9(2)13(16)6-5-10(3)12-8-14(17)11(4)7-15(12)18/h7-8,10,13,16-18H,1,5-6H2,2-4H3. The molecule has 1 aromatic carbocycles. The SMILES string of the molecule is C=C(C)C(O)CCC(C)c1cc(O)c(C)cc1O. The molecule has 3 nitrogen and oxygen atoms in total. The molecule has 0 heterocycles. The minimum atomic E-state index is -0.506. The van der Waals surface area contributed by atoms with E-state index in [9.17, 15) is 15.3 Å². The molecule has 0 saturated heterocycles. The first-order valence-corrected chi connectivity index (χ1v) is 6.18. The Balaban J connectivity index is 2.75. The molecule has 0 aliphatic carbocycles. The fourth-order valence-corrected chi connectivity index (χ4v) is 1.90. The molecule has 0 aromatic heterocycles. The van der Waals surface area contributed by atoms with Crippen molar-refractivity contribution in [2.45, 2.75) is 45.6 Å². The van der Waals surface area contributed by atoms with Crippen molar-refractivity contribution >= 4 is 0 Å². The van der Waals surface area contributed by atoms with Gasteiger partial charge in [0.05, 0.1) is 6.10 Å². The predicted octanol–water partition coefficient (Wildman–Crippen LogP) is 3.23. The smallest absolute Gasteiger partial charge is 0.119 e. The predicted molar refractivity (Wildman–Crippen MR) is 73.0 cm³/mol. The molecular weight excluding hydrogens is 228 g/mol. The van der Waals surface area contributed by atoms with Crippen molar-refractivity contribution in [3.63, 3.8) is 0 Å². The van der Waals surface area contributed by atoms with Gasteiger partial charge in [0.15, 0.2) is 0 Å². The highest BCUT2D eigenvalue weighted by Gasteiger charge is 2.15. The summed E-state index contributed by atoms with van der Waals surface area (Å²) in [5.41, 5.74) is 2.12. The average molecular weight is 250 g/mol. The van der Waals surface area contributed by atoms with Crippen LogP contribution in [0.3, 0.4) is 0 Å². The van der Waals surface area contributed by atoms with Crippen molar-refractivity contribution < 1.29 is 15.3 Å². The number of hydrogen-bond donors (Lipinski definition) is 3. The highest BCUT2D eigenvalue weighted by atomic mass is 16.3. The third-order valence-corrected chi connectivity index (χ3v) is 3.32. The lowest BCUT2D eigenvalue weighted by molar-refractivity contribution is 0.195. The Bertz CT molecular complexity index is 438. The Hall–Kier alpha value is -1.48. The normalized spacial score (nSPS) is 14.2. The molecule has 0 amide bonds. The van der Waals surface area contributed by atoms with Gasteiger partial charge >= 0.3 is 0 Å². The largest absolute Gasteiger partial charge is 0.508 e. The van der Waals surface area contributed by atoms with E-state index >= 15 is 0 Å². The van der Waals surface area contributed by atoms with Crippen LogP contribution in [0.5, 0.6) is 11.5 Å². The van der Waals surface area contributed by atoms with Crippen molar-refractivity contribution in [2.24, 2.45) is 0 Å². The molecule has 2 unspecified atom stereocenters. The van der Waals surface area contributed by atoms with Gasteiger partial charge in [0.25, 0.3) is 0 Å². The van der Waals surface area contributed by atoms with Crippen LogP contribution in [0.25, 0.3) is 0 Å². The number of aryl methyl sites for hydroxylation is 1. The maximum atomic E-state index is 9.87. The molecule has 0 radical (unpaired) electrons. The molecule has 0 fully saturated rings. The van der Waals surface area contributed by atoms with Crippen LogP contribution in [0.15, 0.2) is 24.3 Å². The minimum absolute atomic E-state index is 0.0745. The Morgan fingerprint density at radius 1 is 1.22 bits per heavy atom. The van der Waals surface area contributed by atoms with Gasteiger partial charge < -0.3 is 15.3 Å². The van der Waals surface area contributed by atoms with Crippen molar-refractivity contribution in [1.29, 1.82) is 0 Å². The van der Waals surface area contributed by atoms with Gasteiger partial charge in [0, 0.05) is 5.56 Å². The molecular formula is C15H22O3. The van der Waals surface area contributed by atoms with E-state index in [1.165, 1.54) is 0 Å². The molecule has 0 saturated carbocycles. The third kappa shape index (κ3) is 3.50. The molecule has 3 N–H and O–H groups in total. The van der Waals surface area contributed by atoms with Gasteiger partial charge in [0.2, 0.25) is 0 Å². The van der Waals surface area contributed by atoms with Crippen LogP contribution >= 0.6 is 0 Å². The number of aromatic hydroxyl groups is 2. The summed E-state index contributed by atoms with van der Waals surface area (Å²) >= 11 is 0. The molecule has 1 aromatic rings. The second-order valence-corrected chi connectivity index (χ2v) is 5.04. The summed E-state index contributed by atoms with van der Waals surface area (Å²) in [7, 11) is 0. The summed E-state index contributed by atoms with van der Waals surface area (Å²) in [6, 6.07) is 3.17. The van der Waals surface area contributed by atoms with E-state index in [0.717, 1.165) is 12.0 Å². The molecule has 0 aliphatic rings. The van der Waals surface area contributed by atoms with Gasteiger partial charge in [-0.2, -0.15) is 0 Å². The number of phenols is 2. The Morgan fingerprint density at radius 2 is 1.83 bits per heavy atom. The van der Waals surface area contributed by atoms with Gasteiger partial charge in [-0.05, 0) is 50.3 Å². The van der Waals surface area contributed by atoms with Crippen molar-refractivity contribution in [1.82, 2.24) is 0 Å². The van der Waals surface area contributed by atoms with Gasteiger partial charge in [-0.25, -0.2) is 0 Å². The van der Waals surface area contributed by atoms with Crippen molar-refractivity contribution in [2.75, 3.05) is 0 Å². The van der Waals surface area contributed by atoms with Gasteiger partial charge in [-0.1, -0.05) is 19.1 Å². The highest BCUT2D eigenvalue weighted by Crippen LogP contribution is 2.34. The molecule has 2 atom stereocenters. The maximum absolute atomic E-state index is 9.87. The van der Waals surface area contributed by atoms with E-state index in [-0.39, 0.29) is 17.4 Å². The van der Waals surface area contributed by atoms with Crippen LogP contribution < -0.4 is 0 Å². The Kier molecular flexibility index (Phi) is 4.79. The Morgan fingerprint density at radius 3 is 2.39 bits per heavy atom.